The molecule has 17 heavy (non-hydrogen) atoms. The molecule has 0 spiro atoms. The zero-order valence-electron chi connectivity index (χ0n) is 10.0. The molecule has 1 atom stereocenters. The quantitative estimate of drug-likeness (QED) is 0.791. The molecule has 92 valence electrons. The number of carbonyl (C=O) groups is 1. The van der Waals surface area contributed by atoms with Gasteiger partial charge in [0.2, 0.25) is 0 Å². The van der Waals surface area contributed by atoms with Crippen molar-refractivity contribution in [3.05, 3.63) is 29.3 Å². The summed E-state index contributed by atoms with van der Waals surface area (Å²) >= 11 is 1.91. The second kappa shape index (κ2) is 5.45. The van der Waals surface area contributed by atoms with Gasteiger partial charge in [-0.1, -0.05) is 0 Å². The molecule has 2 rings (SSSR count). The fourth-order valence-electron chi connectivity index (χ4n) is 2.07. The van der Waals surface area contributed by atoms with Crippen molar-refractivity contribution in [1.29, 1.82) is 0 Å². The minimum atomic E-state index is -0.00657. The lowest BCUT2D eigenvalue weighted by molar-refractivity contribution is 0.0938. The van der Waals surface area contributed by atoms with E-state index in [2.05, 4.69) is 5.32 Å². The Bertz CT molecular complexity index is 394. The van der Waals surface area contributed by atoms with E-state index in [1.54, 1.807) is 6.07 Å². The Balaban J connectivity index is 2.03. The van der Waals surface area contributed by atoms with Gasteiger partial charge in [-0.15, -0.1) is 0 Å². The maximum Gasteiger partial charge on any atom is 0.251 e. The zero-order chi connectivity index (χ0) is 12.3. The van der Waals surface area contributed by atoms with Crippen LogP contribution in [0.2, 0.25) is 0 Å². The van der Waals surface area contributed by atoms with E-state index in [0.717, 1.165) is 17.7 Å². The highest BCUT2D eigenvalue weighted by molar-refractivity contribution is 7.99. The summed E-state index contributed by atoms with van der Waals surface area (Å²) in [6, 6.07) is 5.79. The van der Waals surface area contributed by atoms with Gasteiger partial charge in [-0.25, -0.2) is 0 Å². The van der Waals surface area contributed by atoms with Crippen LogP contribution in [-0.2, 0) is 0 Å². The lowest BCUT2D eigenvalue weighted by Gasteiger charge is -2.22. The average Bonchev–Trinajstić information content (AvgIpc) is 2.29. The molecule has 1 fully saturated rings. The number of hydrogen-bond donors (Lipinski definition) is 2. The van der Waals surface area contributed by atoms with E-state index in [4.69, 9.17) is 5.73 Å². The molecule has 1 aromatic carbocycles. The molecule has 0 aromatic heterocycles. The third kappa shape index (κ3) is 3.40. The number of amides is 1. The van der Waals surface area contributed by atoms with Crippen LogP contribution in [0.4, 0.5) is 5.69 Å². The van der Waals surface area contributed by atoms with E-state index in [9.17, 15) is 4.79 Å². The summed E-state index contributed by atoms with van der Waals surface area (Å²) in [5, 5.41) is 3.07. The van der Waals surface area contributed by atoms with Crippen molar-refractivity contribution in [2.24, 2.45) is 0 Å². The minimum absolute atomic E-state index is 0.00657. The van der Waals surface area contributed by atoms with Crippen LogP contribution in [0.5, 0.6) is 0 Å². The van der Waals surface area contributed by atoms with Crippen LogP contribution in [0.1, 0.15) is 28.8 Å². The van der Waals surface area contributed by atoms with Gasteiger partial charge < -0.3 is 11.1 Å². The highest BCUT2D eigenvalue weighted by Crippen LogP contribution is 2.18. The first-order valence-electron chi connectivity index (χ1n) is 5.91. The Hall–Kier alpha value is -1.16. The van der Waals surface area contributed by atoms with Gasteiger partial charge in [-0.2, -0.15) is 11.8 Å². The maximum atomic E-state index is 12.0. The van der Waals surface area contributed by atoms with Crippen LogP contribution in [0.25, 0.3) is 0 Å². The number of benzene rings is 1. The minimum Gasteiger partial charge on any atom is -0.399 e. The number of aryl methyl sites for hydroxylation is 1. The summed E-state index contributed by atoms with van der Waals surface area (Å²) in [6.07, 6.45) is 2.27. The molecule has 1 heterocycles. The van der Waals surface area contributed by atoms with Crippen LogP contribution >= 0.6 is 11.8 Å². The molecule has 0 aliphatic carbocycles. The number of nitrogens with two attached hydrogens (primary N) is 1. The van der Waals surface area contributed by atoms with Crippen molar-refractivity contribution in [2.75, 3.05) is 17.2 Å². The van der Waals surface area contributed by atoms with Crippen LogP contribution in [-0.4, -0.2) is 23.5 Å². The first-order valence-corrected chi connectivity index (χ1v) is 7.06. The fourth-order valence-corrected chi connectivity index (χ4v) is 3.14. The van der Waals surface area contributed by atoms with Crippen LogP contribution in [0, 0.1) is 6.92 Å². The normalized spacial score (nSPS) is 19.9. The average molecular weight is 250 g/mol. The van der Waals surface area contributed by atoms with Gasteiger partial charge in [0, 0.05) is 23.0 Å². The number of nitrogens with one attached hydrogen (secondary N) is 1. The molecular formula is C13H18N2OS. The van der Waals surface area contributed by atoms with Crippen molar-refractivity contribution in [2.45, 2.75) is 25.8 Å². The Labute approximate surface area is 106 Å². The highest BCUT2D eigenvalue weighted by atomic mass is 32.2. The first-order chi connectivity index (χ1) is 8.15. The smallest absolute Gasteiger partial charge is 0.251 e. The topological polar surface area (TPSA) is 55.1 Å². The van der Waals surface area contributed by atoms with Crippen molar-refractivity contribution in [3.63, 3.8) is 0 Å². The summed E-state index contributed by atoms with van der Waals surface area (Å²) in [6.45, 7) is 1.95. The Morgan fingerprint density at radius 1 is 1.47 bits per heavy atom. The van der Waals surface area contributed by atoms with Crippen LogP contribution in [0.3, 0.4) is 0 Å². The number of thioether (sulfide) groups is 1. The molecule has 1 unspecified atom stereocenters. The molecule has 4 heteroatoms. The van der Waals surface area contributed by atoms with Gasteiger partial charge in [-0.05, 0) is 49.3 Å². The fraction of sp³-hybridized carbons (Fsp3) is 0.462. The third-order valence-corrected chi connectivity index (χ3v) is 4.07. The second-order valence-corrected chi connectivity index (χ2v) is 5.67. The molecule has 3 nitrogen and oxygen atoms in total. The van der Waals surface area contributed by atoms with Crippen molar-refractivity contribution in [3.8, 4) is 0 Å². The number of carbonyl (C=O) groups excluding carboxylic acids is 1. The van der Waals surface area contributed by atoms with E-state index in [1.165, 1.54) is 12.2 Å². The summed E-state index contributed by atoms with van der Waals surface area (Å²) in [5.74, 6) is 2.23. The number of anilines is 1. The van der Waals surface area contributed by atoms with Crippen molar-refractivity contribution < 1.29 is 4.79 Å². The SMILES string of the molecule is Cc1cc(N)cc(C(=O)NC2CCCSC2)c1. The lowest BCUT2D eigenvalue weighted by atomic mass is 10.1. The standard InChI is InChI=1S/C13H18N2OS/c1-9-5-10(7-11(14)6-9)13(16)15-12-3-2-4-17-8-12/h5-7,12H,2-4,8,14H2,1H3,(H,15,16). The lowest BCUT2D eigenvalue weighted by Crippen LogP contribution is -2.38. The molecule has 0 saturated carbocycles. The van der Waals surface area contributed by atoms with Gasteiger partial charge in [0.15, 0.2) is 0 Å². The van der Waals surface area contributed by atoms with Gasteiger partial charge in [-0.3, -0.25) is 4.79 Å². The molecule has 0 bridgehead atoms. The van der Waals surface area contributed by atoms with E-state index in [-0.39, 0.29) is 5.91 Å². The van der Waals surface area contributed by atoms with Crippen molar-refractivity contribution >= 4 is 23.4 Å². The molecule has 0 radical (unpaired) electrons. The van der Waals surface area contributed by atoms with Gasteiger partial charge in [0.25, 0.3) is 5.91 Å². The molecular weight excluding hydrogens is 232 g/mol. The first kappa shape index (κ1) is 12.3. The molecule has 1 saturated heterocycles. The third-order valence-electron chi connectivity index (χ3n) is 2.86. The van der Waals surface area contributed by atoms with Crippen LogP contribution in [0.15, 0.2) is 18.2 Å². The largest absolute Gasteiger partial charge is 0.399 e. The molecule has 1 aromatic rings. The van der Waals surface area contributed by atoms with E-state index in [0.29, 0.717) is 17.3 Å². The molecule has 1 aliphatic heterocycles. The van der Waals surface area contributed by atoms with E-state index in [1.807, 2.05) is 30.8 Å². The predicted octanol–water partition coefficient (Wildman–Crippen LogP) is 2.20. The summed E-state index contributed by atoms with van der Waals surface area (Å²) < 4.78 is 0. The van der Waals surface area contributed by atoms with E-state index >= 15 is 0 Å². The number of rotatable bonds is 2. The zero-order valence-corrected chi connectivity index (χ0v) is 10.8. The summed E-state index contributed by atoms with van der Waals surface area (Å²) in [7, 11) is 0. The maximum absolute atomic E-state index is 12.0. The van der Waals surface area contributed by atoms with E-state index < -0.39 is 0 Å². The molecule has 1 aliphatic rings. The summed E-state index contributed by atoms with van der Waals surface area (Å²) in [4.78, 5) is 12.0. The number of hydrogen-bond acceptors (Lipinski definition) is 3. The molecule has 3 N–H and O–H groups in total. The van der Waals surface area contributed by atoms with Crippen LogP contribution < -0.4 is 11.1 Å². The highest BCUT2D eigenvalue weighted by Gasteiger charge is 2.17. The van der Waals surface area contributed by atoms with Crippen molar-refractivity contribution in [1.82, 2.24) is 5.32 Å². The Kier molecular flexibility index (Phi) is 3.94. The van der Waals surface area contributed by atoms with Gasteiger partial charge >= 0.3 is 0 Å². The van der Waals surface area contributed by atoms with Gasteiger partial charge in [0.1, 0.15) is 0 Å². The Morgan fingerprint density at radius 3 is 2.94 bits per heavy atom. The molecule has 1 amide bonds. The Morgan fingerprint density at radius 2 is 2.29 bits per heavy atom. The second-order valence-electron chi connectivity index (χ2n) is 4.52. The predicted molar refractivity (Wildman–Crippen MR) is 73.4 cm³/mol. The monoisotopic (exact) mass is 250 g/mol. The summed E-state index contributed by atoms with van der Waals surface area (Å²) in [5.41, 5.74) is 8.08. The number of nitrogen functional groups attached to an aromatic ring is 1. The van der Waals surface area contributed by atoms with Gasteiger partial charge in [0.05, 0.1) is 0 Å².